The van der Waals surface area contributed by atoms with Crippen molar-refractivity contribution in [2.24, 2.45) is 0 Å². The molecule has 0 saturated carbocycles. The van der Waals surface area contributed by atoms with E-state index in [1.165, 1.54) is 38.8 Å². The van der Waals surface area contributed by atoms with Gasteiger partial charge in [-0.3, -0.25) is 0 Å². The molecule has 2 aliphatic heterocycles. The van der Waals surface area contributed by atoms with Crippen molar-refractivity contribution in [1.82, 2.24) is 10.2 Å². The van der Waals surface area contributed by atoms with E-state index in [0.717, 1.165) is 27.5 Å². The maximum absolute atomic E-state index is 5.59. The smallest absolute Gasteiger partial charge is 0.183 e. The second-order valence-corrected chi connectivity index (χ2v) is 6.84. The van der Waals surface area contributed by atoms with E-state index in [1.807, 2.05) is 6.07 Å². The van der Waals surface area contributed by atoms with Gasteiger partial charge in [0.1, 0.15) is 5.76 Å². The number of fused-ring (bicyclic) bond motifs is 1. The molecule has 2 saturated heterocycles. The van der Waals surface area contributed by atoms with E-state index >= 15 is 0 Å². The van der Waals surface area contributed by atoms with Gasteiger partial charge in [-0.15, -0.1) is 0 Å². The molecule has 0 bridgehead atoms. The first kappa shape index (κ1) is 13.2. The van der Waals surface area contributed by atoms with Crippen molar-refractivity contribution in [3.63, 3.8) is 0 Å². The number of hydrogen-bond donors (Lipinski definition) is 1. The highest BCUT2D eigenvalue weighted by Gasteiger charge is 2.31. The minimum absolute atomic E-state index is 0.645. The first-order valence-corrected chi connectivity index (χ1v) is 8.22. The first-order chi connectivity index (χ1) is 8.72. The fourth-order valence-corrected chi connectivity index (χ4v) is 3.79. The quantitative estimate of drug-likeness (QED) is 0.873. The number of furan rings is 1. The third kappa shape index (κ3) is 2.84. The van der Waals surface area contributed by atoms with Gasteiger partial charge in [-0.25, -0.2) is 0 Å². The SMILES string of the molecule is Brc1cc(CNC2CCN3CCCC3C2)oc1Br. The normalized spacial score (nSPS) is 28.6. The number of nitrogens with one attached hydrogen (secondary N) is 1. The summed E-state index contributed by atoms with van der Waals surface area (Å²) in [5, 5.41) is 3.63. The monoisotopic (exact) mass is 376 g/mol. The molecular formula is C13H18Br2N2O. The van der Waals surface area contributed by atoms with Gasteiger partial charge in [0.25, 0.3) is 0 Å². The highest BCUT2D eigenvalue weighted by atomic mass is 79.9. The molecule has 1 N–H and O–H groups in total. The van der Waals surface area contributed by atoms with Crippen LogP contribution in [0.1, 0.15) is 31.4 Å². The van der Waals surface area contributed by atoms with Crippen LogP contribution in [-0.2, 0) is 6.54 Å². The van der Waals surface area contributed by atoms with Crippen molar-refractivity contribution in [3.05, 3.63) is 21.0 Å². The molecule has 2 fully saturated rings. The molecule has 1 aromatic heterocycles. The van der Waals surface area contributed by atoms with Crippen LogP contribution in [0.3, 0.4) is 0 Å². The van der Waals surface area contributed by atoms with Crippen molar-refractivity contribution in [1.29, 1.82) is 0 Å². The van der Waals surface area contributed by atoms with E-state index in [0.29, 0.717) is 6.04 Å². The van der Waals surface area contributed by atoms with Crippen molar-refractivity contribution < 1.29 is 4.42 Å². The zero-order chi connectivity index (χ0) is 12.5. The molecular weight excluding hydrogens is 360 g/mol. The molecule has 5 heteroatoms. The van der Waals surface area contributed by atoms with Crippen LogP contribution in [0.15, 0.2) is 19.6 Å². The average molecular weight is 378 g/mol. The van der Waals surface area contributed by atoms with Crippen molar-refractivity contribution in [3.8, 4) is 0 Å². The number of hydrogen-bond acceptors (Lipinski definition) is 3. The van der Waals surface area contributed by atoms with Crippen molar-refractivity contribution in [2.45, 2.75) is 44.3 Å². The van der Waals surface area contributed by atoms with Crippen LogP contribution in [0.4, 0.5) is 0 Å². The van der Waals surface area contributed by atoms with Gasteiger partial charge in [0.05, 0.1) is 11.0 Å². The molecule has 2 atom stereocenters. The average Bonchev–Trinajstić information content (AvgIpc) is 2.94. The molecule has 0 spiro atoms. The second kappa shape index (κ2) is 5.65. The van der Waals surface area contributed by atoms with Crippen LogP contribution >= 0.6 is 31.9 Å². The molecule has 3 nitrogen and oxygen atoms in total. The Bertz CT molecular complexity index is 402. The van der Waals surface area contributed by atoms with Gasteiger partial charge in [-0.2, -0.15) is 0 Å². The zero-order valence-electron chi connectivity index (χ0n) is 10.3. The van der Waals surface area contributed by atoms with E-state index in [1.54, 1.807) is 0 Å². The summed E-state index contributed by atoms with van der Waals surface area (Å²) < 4.78 is 7.36. The van der Waals surface area contributed by atoms with E-state index in [9.17, 15) is 0 Å². The largest absolute Gasteiger partial charge is 0.452 e. The van der Waals surface area contributed by atoms with Gasteiger partial charge in [-0.1, -0.05) is 0 Å². The lowest BCUT2D eigenvalue weighted by Crippen LogP contribution is -2.45. The van der Waals surface area contributed by atoms with E-state index in [2.05, 4.69) is 42.1 Å². The molecule has 3 heterocycles. The van der Waals surface area contributed by atoms with Crippen LogP contribution in [-0.4, -0.2) is 30.1 Å². The van der Waals surface area contributed by atoms with Crippen LogP contribution in [0.2, 0.25) is 0 Å². The summed E-state index contributed by atoms with van der Waals surface area (Å²) in [4.78, 5) is 2.65. The Labute approximate surface area is 125 Å². The molecule has 0 amide bonds. The summed E-state index contributed by atoms with van der Waals surface area (Å²) in [7, 11) is 0. The highest BCUT2D eigenvalue weighted by molar-refractivity contribution is 9.13. The Kier molecular flexibility index (Phi) is 4.13. The number of nitrogens with zero attached hydrogens (tertiary/aromatic N) is 1. The molecule has 2 unspecified atom stereocenters. The first-order valence-electron chi connectivity index (χ1n) is 6.63. The minimum Gasteiger partial charge on any atom is -0.452 e. The Morgan fingerprint density at radius 2 is 2.22 bits per heavy atom. The summed E-state index contributed by atoms with van der Waals surface area (Å²) >= 11 is 6.81. The summed E-state index contributed by atoms with van der Waals surface area (Å²) in [6.07, 6.45) is 5.33. The van der Waals surface area contributed by atoms with Gasteiger partial charge >= 0.3 is 0 Å². The Balaban J connectivity index is 1.51. The fourth-order valence-electron chi connectivity index (χ4n) is 3.13. The lowest BCUT2D eigenvalue weighted by molar-refractivity contribution is 0.165. The lowest BCUT2D eigenvalue weighted by atomic mass is 9.97. The lowest BCUT2D eigenvalue weighted by Gasteiger charge is -2.35. The zero-order valence-corrected chi connectivity index (χ0v) is 13.5. The summed E-state index contributed by atoms with van der Waals surface area (Å²) in [5.74, 6) is 0.989. The third-order valence-corrected chi connectivity index (χ3v) is 5.79. The minimum atomic E-state index is 0.645. The van der Waals surface area contributed by atoms with Crippen LogP contribution in [0, 0.1) is 0 Å². The Morgan fingerprint density at radius 3 is 3.00 bits per heavy atom. The molecule has 18 heavy (non-hydrogen) atoms. The van der Waals surface area contributed by atoms with Crippen LogP contribution in [0.5, 0.6) is 0 Å². The molecule has 1 aromatic rings. The molecule has 3 rings (SSSR count). The van der Waals surface area contributed by atoms with E-state index in [-0.39, 0.29) is 0 Å². The van der Waals surface area contributed by atoms with Gasteiger partial charge in [0, 0.05) is 12.1 Å². The van der Waals surface area contributed by atoms with E-state index in [4.69, 9.17) is 4.42 Å². The molecule has 100 valence electrons. The number of piperidine rings is 1. The van der Waals surface area contributed by atoms with Crippen molar-refractivity contribution in [2.75, 3.05) is 13.1 Å². The van der Waals surface area contributed by atoms with Crippen LogP contribution in [0.25, 0.3) is 0 Å². The summed E-state index contributed by atoms with van der Waals surface area (Å²) in [6, 6.07) is 3.50. The molecule has 0 aliphatic carbocycles. The standard InChI is InChI=1S/C13H18Br2N2O/c14-12-7-11(18-13(12)15)8-16-9-3-5-17-4-1-2-10(17)6-9/h7,9-10,16H,1-6,8H2. The van der Waals surface area contributed by atoms with Gasteiger partial charge in [0.15, 0.2) is 4.67 Å². The van der Waals surface area contributed by atoms with Gasteiger partial charge in [-0.05, 0) is 76.7 Å². The fraction of sp³-hybridized carbons (Fsp3) is 0.692. The molecule has 2 aliphatic rings. The van der Waals surface area contributed by atoms with Gasteiger partial charge in [0.2, 0.25) is 0 Å². The predicted molar refractivity (Wildman–Crippen MR) is 78.6 cm³/mol. The topological polar surface area (TPSA) is 28.4 Å². The molecule has 0 aromatic carbocycles. The summed E-state index contributed by atoms with van der Waals surface area (Å²) in [5.41, 5.74) is 0. The number of rotatable bonds is 3. The second-order valence-electron chi connectivity index (χ2n) is 5.27. The predicted octanol–water partition coefficient (Wildman–Crippen LogP) is 3.52. The third-order valence-electron chi connectivity index (χ3n) is 4.08. The maximum atomic E-state index is 5.59. The number of halogens is 2. The Hall–Kier alpha value is 0.160. The van der Waals surface area contributed by atoms with Crippen LogP contribution < -0.4 is 5.32 Å². The van der Waals surface area contributed by atoms with Gasteiger partial charge < -0.3 is 14.6 Å². The highest BCUT2D eigenvalue weighted by Crippen LogP contribution is 2.28. The van der Waals surface area contributed by atoms with E-state index < -0.39 is 0 Å². The Morgan fingerprint density at radius 1 is 1.33 bits per heavy atom. The summed E-state index contributed by atoms with van der Waals surface area (Å²) in [6.45, 7) is 3.39. The molecule has 0 radical (unpaired) electrons. The maximum Gasteiger partial charge on any atom is 0.183 e. The van der Waals surface area contributed by atoms with Crippen molar-refractivity contribution >= 4 is 31.9 Å².